The van der Waals surface area contributed by atoms with E-state index in [2.05, 4.69) is 14.9 Å². The molecule has 0 spiro atoms. The van der Waals surface area contributed by atoms with Crippen LogP contribution in [0.2, 0.25) is 0 Å². The van der Waals surface area contributed by atoms with Crippen molar-refractivity contribution in [3.8, 4) is 0 Å². The normalized spacial score (nSPS) is 14.9. The van der Waals surface area contributed by atoms with Crippen LogP contribution in [0.3, 0.4) is 0 Å². The number of hydrogen-bond donors (Lipinski definition) is 1. The summed E-state index contributed by atoms with van der Waals surface area (Å²) >= 11 is 0. The molecule has 1 aliphatic heterocycles. The Balaban J connectivity index is 2.17. The van der Waals surface area contributed by atoms with E-state index in [4.69, 9.17) is 9.47 Å². The largest absolute Gasteiger partial charge is 0.466 e. The van der Waals surface area contributed by atoms with Gasteiger partial charge in [0, 0.05) is 0 Å². The molecule has 1 aromatic carbocycles. The third kappa shape index (κ3) is 2.48. The zero-order valence-electron chi connectivity index (χ0n) is 13.0. The summed E-state index contributed by atoms with van der Waals surface area (Å²) in [6.07, 6.45) is 1.34. The second-order valence-electron chi connectivity index (χ2n) is 4.95. The zero-order chi connectivity index (χ0) is 17.3. The van der Waals surface area contributed by atoms with E-state index >= 15 is 0 Å². The van der Waals surface area contributed by atoms with E-state index in [0.717, 1.165) is 0 Å². The summed E-state index contributed by atoms with van der Waals surface area (Å²) in [5.41, 5.74) is 0.413. The summed E-state index contributed by atoms with van der Waals surface area (Å²) in [6.45, 7) is -0.256. The standard InChI is InChI=1S/C15H14FN3O5/c1-22-14(20)9-6-24-7-19(13(9)15(21)23-2)11-4-3-10-8(12(11)16)5-17-18-10/h3-5H,6-7H2,1-2H3,(H,17,18). The molecule has 0 radical (unpaired) electrons. The van der Waals surface area contributed by atoms with Crippen molar-refractivity contribution in [2.24, 2.45) is 0 Å². The minimum atomic E-state index is -0.787. The lowest BCUT2D eigenvalue weighted by molar-refractivity contribution is -0.140. The van der Waals surface area contributed by atoms with Crippen molar-refractivity contribution < 1.29 is 28.2 Å². The average Bonchev–Trinajstić information content (AvgIpc) is 3.09. The first-order chi connectivity index (χ1) is 11.6. The van der Waals surface area contributed by atoms with Crippen LogP contribution >= 0.6 is 0 Å². The van der Waals surface area contributed by atoms with Gasteiger partial charge in [0.05, 0.1) is 49.2 Å². The highest BCUT2D eigenvalue weighted by atomic mass is 19.1. The van der Waals surface area contributed by atoms with Gasteiger partial charge in [-0.2, -0.15) is 5.10 Å². The molecule has 126 valence electrons. The van der Waals surface area contributed by atoms with Gasteiger partial charge in [0.15, 0.2) is 5.82 Å². The number of nitrogens with zero attached hydrogens (tertiary/aromatic N) is 2. The van der Waals surface area contributed by atoms with E-state index in [1.165, 1.54) is 31.4 Å². The van der Waals surface area contributed by atoms with Gasteiger partial charge in [0.25, 0.3) is 0 Å². The number of carbonyl (C=O) groups excluding carboxylic acids is 2. The molecule has 2 aromatic rings. The molecular weight excluding hydrogens is 321 g/mol. The molecule has 8 nitrogen and oxygen atoms in total. The molecule has 2 heterocycles. The maximum atomic E-state index is 14.8. The van der Waals surface area contributed by atoms with Gasteiger partial charge in [0.1, 0.15) is 12.4 Å². The van der Waals surface area contributed by atoms with Gasteiger partial charge >= 0.3 is 11.9 Å². The fraction of sp³-hybridized carbons (Fsp3) is 0.267. The van der Waals surface area contributed by atoms with E-state index in [9.17, 15) is 14.0 Å². The van der Waals surface area contributed by atoms with Crippen molar-refractivity contribution in [3.63, 3.8) is 0 Å². The third-order valence-electron chi connectivity index (χ3n) is 3.66. The summed E-state index contributed by atoms with van der Waals surface area (Å²) in [6, 6.07) is 3.07. The third-order valence-corrected chi connectivity index (χ3v) is 3.66. The SMILES string of the molecule is COC(=O)C1=C(C(=O)OC)N(c2ccc3[nH]ncc3c2F)COC1. The number of anilines is 1. The first-order valence-electron chi connectivity index (χ1n) is 6.95. The molecule has 3 rings (SSSR count). The minimum absolute atomic E-state index is 0.0395. The summed E-state index contributed by atoms with van der Waals surface area (Å²) < 4.78 is 29.5. The number of halogens is 1. The number of aromatic nitrogens is 2. The monoisotopic (exact) mass is 335 g/mol. The summed E-state index contributed by atoms with van der Waals surface area (Å²) in [5, 5.41) is 6.69. The van der Waals surface area contributed by atoms with Crippen molar-refractivity contribution in [2.45, 2.75) is 0 Å². The van der Waals surface area contributed by atoms with Crippen molar-refractivity contribution in [1.82, 2.24) is 10.2 Å². The fourth-order valence-electron chi connectivity index (χ4n) is 2.51. The Labute approximate surface area is 135 Å². The highest BCUT2D eigenvalue weighted by Gasteiger charge is 2.33. The number of aromatic amines is 1. The second-order valence-corrected chi connectivity index (χ2v) is 4.95. The molecule has 1 aromatic heterocycles. The number of fused-ring (bicyclic) bond motifs is 1. The molecule has 9 heteroatoms. The highest BCUT2D eigenvalue weighted by Crippen LogP contribution is 2.32. The molecule has 0 amide bonds. The Morgan fingerprint density at radius 1 is 1.29 bits per heavy atom. The van der Waals surface area contributed by atoms with Crippen LogP contribution in [-0.2, 0) is 23.8 Å². The predicted molar refractivity (Wildman–Crippen MR) is 80.4 cm³/mol. The van der Waals surface area contributed by atoms with Gasteiger partial charge in [-0.3, -0.25) is 5.10 Å². The van der Waals surface area contributed by atoms with Gasteiger partial charge in [-0.05, 0) is 12.1 Å². The second kappa shape index (κ2) is 6.28. The lowest BCUT2D eigenvalue weighted by Crippen LogP contribution is -2.39. The van der Waals surface area contributed by atoms with E-state index in [1.807, 2.05) is 0 Å². The molecule has 1 N–H and O–H groups in total. The number of rotatable bonds is 3. The molecule has 0 fully saturated rings. The van der Waals surface area contributed by atoms with Crippen molar-refractivity contribution in [2.75, 3.05) is 32.5 Å². The van der Waals surface area contributed by atoms with E-state index < -0.39 is 17.8 Å². The van der Waals surface area contributed by atoms with Gasteiger partial charge in [0.2, 0.25) is 0 Å². The molecule has 1 aliphatic rings. The predicted octanol–water partition coefficient (Wildman–Crippen LogP) is 1.10. The molecule has 0 atom stereocenters. The number of ether oxygens (including phenoxy) is 3. The Morgan fingerprint density at radius 3 is 2.75 bits per heavy atom. The summed E-state index contributed by atoms with van der Waals surface area (Å²) in [5.74, 6) is -2.13. The highest BCUT2D eigenvalue weighted by molar-refractivity contribution is 6.03. The molecule has 0 bridgehead atoms. The maximum absolute atomic E-state index is 14.8. The van der Waals surface area contributed by atoms with Crippen LogP contribution in [0, 0.1) is 5.82 Å². The number of methoxy groups -OCH3 is 2. The van der Waals surface area contributed by atoms with Crippen LogP contribution in [-0.4, -0.2) is 49.7 Å². The van der Waals surface area contributed by atoms with Gasteiger partial charge in [-0.15, -0.1) is 0 Å². The first-order valence-corrected chi connectivity index (χ1v) is 6.95. The number of nitrogens with one attached hydrogen (secondary N) is 1. The van der Waals surface area contributed by atoms with Gasteiger partial charge in [-0.1, -0.05) is 0 Å². The molecular formula is C15H14FN3O5. The summed E-state index contributed by atoms with van der Waals surface area (Å²) in [4.78, 5) is 25.3. The molecule has 24 heavy (non-hydrogen) atoms. The molecule has 0 aliphatic carbocycles. The molecule has 0 saturated carbocycles. The van der Waals surface area contributed by atoms with E-state index in [1.54, 1.807) is 6.07 Å². The Hall–Kier alpha value is -2.94. The van der Waals surface area contributed by atoms with E-state index in [0.29, 0.717) is 5.52 Å². The van der Waals surface area contributed by atoms with Crippen molar-refractivity contribution in [3.05, 3.63) is 35.4 Å². The number of carbonyl (C=O) groups is 2. The molecule has 0 saturated heterocycles. The quantitative estimate of drug-likeness (QED) is 0.839. The van der Waals surface area contributed by atoms with Crippen LogP contribution in [0.4, 0.5) is 10.1 Å². The fourth-order valence-corrected chi connectivity index (χ4v) is 2.51. The number of H-pyrrole nitrogens is 1. The lowest BCUT2D eigenvalue weighted by Gasteiger charge is -2.31. The van der Waals surface area contributed by atoms with Gasteiger partial charge < -0.3 is 19.1 Å². The number of esters is 2. The Morgan fingerprint density at radius 2 is 2.04 bits per heavy atom. The number of hydrogen-bond acceptors (Lipinski definition) is 7. The van der Waals surface area contributed by atoms with Crippen molar-refractivity contribution in [1.29, 1.82) is 0 Å². The first kappa shape index (κ1) is 15.9. The number of benzene rings is 1. The van der Waals surface area contributed by atoms with Crippen LogP contribution in [0.5, 0.6) is 0 Å². The van der Waals surface area contributed by atoms with Crippen LogP contribution in [0.1, 0.15) is 0 Å². The van der Waals surface area contributed by atoms with E-state index in [-0.39, 0.29) is 35.7 Å². The van der Waals surface area contributed by atoms with Crippen LogP contribution in [0.15, 0.2) is 29.6 Å². The van der Waals surface area contributed by atoms with Crippen LogP contribution in [0.25, 0.3) is 10.9 Å². The Bertz CT molecular complexity index is 845. The smallest absolute Gasteiger partial charge is 0.355 e. The Kier molecular flexibility index (Phi) is 4.17. The maximum Gasteiger partial charge on any atom is 0.355 e. The van der Waals surface area contributed by atoms with Crippen LogP contribution < -0.4 is 4.90 Å². The average molecular weight is 335 g/mol. The topological polar surface area (TPSA) is 93.8 Å². The zero-order valence-corrected chi connectivity index (χ0v) is 13.0. The molecule has 0 unspecified atom stereocenters. The summed E-state index contributed by atoms with van der Waals surface area (Å²) in [7, 11) is 2.36. The van der Waals surface area contributed by atoms with Crippen molar-refractivity contribution >= 4 is 28.5 Å². The minimum Gasteiger partial charge on any atom is -0.466 e. The lowest BCUT2D eigenvalue weighted by atomic mass is 10.1. The van der Waals surface area contributed by atoms with Gasteiger partial charge in [-0.25, -0.2) is 14.0 Å².